The van der Waals surface area contributed by atoms with Crippen LogP contribution in [0.3, 0.4) is 0 Å². The molecule has 0 N–H and O–H groups in total. The second-order valence-electron chi connectivity index (χ2n) is 7.15. The maximum Gasteiger partial charge on any atom is 0.255 e. The van der Waals surface area contributed by atoms with Crippen molar-refractivity contribution in [1.29, 1.82) is 0 Å². The number of ether oxygens (including phenoxy) is 1. The van der Waals surface area contributed by atoms with Crippen molar-refractivity contribution in [3.8, 4) is 11.4 Å². The first-order chi connectivity index (χ1) is 13.3. The van der Waals surface area contributed by atoms with E-state index in [1.54, 1.807) is 6.20 Å². The molecule has 5 rings (SSSR count). The molecule has 0 spiro atoms. The van der Waals surface area contributed by atoms with Gasteiger partial charge >= 0.3 is 0 Å². The molecule has 7 heteroatoms. The molecule has 3 aromatic rings. The van der Waals surface area contributed by atoms with Crippen molar-refractivity contribution in [3.63, 3.8) is 0 Å². The maximum absolute atomic E-state index is 13.1. The lowest BCUT2D eigenvalue weighted by Gasteiger charge is -2.43. The van der Waals surface area contributed by atoms with Gasteiger partial charge in [0.25, 0.3) is 11.7 Å². The van der Waals surface area contributed by atoms with Crippen LogP contribution >= 0.6 is 0 Å². The molecule has 2 fully saturated rings. The first kappa shape index (κ1) is 16.4. The number of fused-ring (bicyclic) bond motifs is 2. The zero-order chi connectivity index (χ0) is 18.2. The average molecular weight is 363 g/mol. The molecule has 27 heavy (non-hydrogen) atoms. The van der Waals surface area contributed by atoms with E-state index < -0.39 is 0 Å². The van der Waals surface area contributed by atoms with Crippen LogP contribution < -0.4 is 0 Å². The highest BCUT2D eigenvalue weighted by molar-refractivity contribution is 5.95. The van der Waals surface area contributed by atoms with E-state index >= 15 is 0 Å². The van der Waals surface area contributed by atoms with E-state index in [1.165, 1.54) is 12.8 Å². The Morgan fingerprint density at radius 3 is 2.85 bits per heavy atom. The normalized spacial score (nSPS) is 22.6. The lowest BCUT2D eigenvalue weighted by molar-refractivity contribution is -0.0752. The van der Waals surface area contributed by atoms with Gasteiger partial charge in [0.15, 0.2) is 5.82 Å². The first-order valence-corrected chi connectivity index (χ1v) is 9.50. The Morgan fingerprint density at radius 1 is 1.11 bits per heavy atom. The zero-order valence-corrected chi connectivity index (χ0v) is 15.0. The molecule has 1 aliphatic heterocycles. The van der Waals surface area contributed by atoms with E-state index in [0.29, 0.717) is 24.5 Å². The van der Waals surface area contributed by atoms with Crippen molar-refractivity contribution >= 4 is 11.7 Å². The third kappa shape index (κ3) is 2.88. The van der Waals surface area contributed by atoms with Gasteiger partial charge in [0.2, 0.25) is 0 Å². The van der Waals surface area contributed by atoms with Crippen molar-refractivity contribution < 1.29 is 9.53 Å². The Balaban J connectivity index is 1.40. The predicted octanol–water partition coefficient (Wildman–Crippen LogP) is 2.57. The summed E-state index contributed by atoms with van der Waals surface area (Å²) < 4.78 is 7.73. The molecule has 1 saturated heterocycles. The molecule has 0 radical (unpaired) electrons. The van der Waals surface area contributed by atoms with E-state index in [4.69, 9.17) is 4.74 Å². The maximum atomic E-state index is 13.1. The third-order valence-corrected chi connectivity index (χ3v) is 5.57. The molecule has 7 nitrogen and oxygen atoms in total. The summed E-state index contributed by atoms with van der Waals surface area (Å²) in [4.78, 5) is 19.3. The number of morpholine rings is 1. The van der Waals surface area contributed by atoms with Crippen molar-refractivity contribution in [1.82, 2.24) is 24.5 Å². The molecule has 1 aromatic carbocycles. The van der Waals surface area contributed by atoms with Gasteiger partial charge < -0.3 is 9.64 Å². The Labute approximate surface area is 157 Å². The van der Waals surface area contributed by atoms with Gasteiger partial charge in [0.1, 0.15) is 0 Å². The minimum absolute atomic E-state index is 0.0921. The number of rotatable bonds is 2. The van der Waals surface area contributed by atoms with Crippen LogP contribution in [-0.2, 0) is 4.74 Å². The number of carbonyl (C=O) groups excluding carboxylic acids is 1. The molecular formula is C20H21N5O2. The summed E-state index contributed by atoms with van der Waals surface area (Å²) in [5.74, 6) is 1.37. The summed E-state index contributed by atoms with van der Waals surface area (Å²) >= 11 is 0. The molecule has 138 valence electrons. The number of carbonyl (C=O) groups is 1. The number of aromatic nitrogens is 4. The second kappa shape index (κ2) is 6.74. The quantitative estimate of drug-likeness (QED) is 0.700. The molecular weight excluding hydrogens is 342 g/mol. The standard InChI is InChI=1S/C20H21N5O2/c26-19(24-12-13-27-17-5-2-1-4-16(17)24)15-8-6-14(7-9-15)18-22-23-20-21-10-3-11-25(18)20/h3,6-11,16-17H,1-2,4-5,12-13H2. The summed E-state index contributed by atoms with van der Waals surface area (Å²) in [6, 6.07) is 9.67. The number of amides is 1. The summed E-state index contributed by atoms with van der Waals surface area (Å²) in [6.45, 7) is 1.30. The summed E-state index contributed by atoms with van der Waals surface area (Å²) in [5.41, 5.74) is 1.61. The Morgan fingerprint density at radius 2 is 1.96 bits per heavy atom. The number of hydrogen-bond acceptors (Lipinski definition) is 5. The van der Waals surface area contributed by atoms with Gasteiger partial charge in [0, 0.05) is 30.1 Å². The van der Waals surface area contributed by atoms with Crippen molar-refractivity contribution in [3.05, 3.63) is 48.3 Å². The fraction of sp³-hybridized carbons (Fsp3) is 0.400. The summed E-state index contributed by atoms with van der Waals surface area (Å²) in [5, 5.41) is 8.31. The van der Waals surface area contributed by atoms with Crippen LogP contribution in [0.1, 0.15) is 36.0 Å². The topological polar surface area (TPSA) is 72.6 Å². The van der Waals surface area contributed by atoms with E-state index in [2.05, 4.69) is 15.2 Å². The Hall–Kier alpha value is -2.80. The minimum atomic E-state index is 0.0921. The van der Waals surface area contributed by atoms with Gasteiger partial charge in [-0.15, -0.1) is 10.2 Å². The molecule has 1 amide bonds. The smallest absolute Gasteiger partial charge is 0.255 e. The summed E-state index contributed by atoms with van der Waals surface area (Å²) in [6.07, 6.45) is 8.23. The zero-order valence-electron chi connectivity index (χ0n) is 15.0. The average Bonchev–Trinajstić information content (AvgIpc) is 3.17. The van der Waals surface area contributed by atoms with Crippen LogP contribution in [0.25, 0.3) is 17.2 Å². The number of nitrogens with zero attached hydrogens (tertiary/aromatic N) is 5. The molecule has 2 unspecified atom stereocenters. The van der Waals surface area contributed by atoms with Crippen LogP contribution in [0, 0.1) is 0 Å². The van der Waals surface area contributed by atoms with Gasteiger partial charge in [-0.1, -0.05) is 25.0 Å². The molecule has 2 aromatic heterocycles. The third-order valence-electron chi connectivity index (χ3n) is 5.57. The van der Waals surface area contributed by atoms with E-state index in [1.807, 2.05) is 45.8 Å². The monoisotopic (exact) mass is 363 g/mol. The molecule has 2 aliphatic rings. The number of benzene rings is 1. The van der Waals surface area contributed by atoms with Gasteiger partial charge in [0.05, 0.1) is 18.8 Å². The SMILES string of the molecule is O=C(c1ccc(-c2nnc3ncccn23)cc1)N1CCOC2CCCCC21. The minimum Gasteiger partial charge on any atom is -0.374 e. The van der Waals surface area contributed by atoms with Crippen LogP contribution in [0.2, 0.25) is 0 Å². The van der Waals surface area contributed by atoms with Crippen LogP contribution in [-0.4, -0.2) is 55.7 Å². The van der Waals surface area contributed by atoms with Crippen molar-refractivity contribution in [2.24, 2.45) is 0 Å². The van der Waals surface area contributed by atoms with Crippen LogP contribution in [0.5, 0.6) is 0 Å². The predicted molar refractivity (Wildman–Crippen MR) is 99.3 cm³/mol. The van der Waals surface area contributed by atoms with Gasteiger partial charge in [-0.25, -0.2) is 4.98 Å². The van der Waals surface area contributed by atoms with Crippen molar-refractivity contribution in [2.75, 3.05) is 13.2 Å². The van der Waals surface area contributed by atoms with Gasteiger partial charge in [-0.2, -0.15) is 0 Å². The lowest BCUT2D eigenvalue weighted by Crippen LogP contribution is -2.54. The highest BCUT2D eigenvalue weighted by Gasteiger charge is 2.36. The van der Waals surface area contributed by atoms with E-state index in [0.717, 1.165) is 24.2 Å². The highest BCUT2D eigenvalue weighted by atomic mass is 16.5. The largest absolute Gasteiger partial charge is 0.374 e. The number of hydrogen-bond donors (Lipinski definition) is 0. The fourth-order valence-electron chi connectivity index (χ4n) is 4.22. The highest BCUT2D eigenvalue weighted by Crippen LogP contribution is 2.29. The lowest BCUT2D eigenvalue weighted by atomic mass is 9.89. The molecule has 2 atom stereocenters. The van der Waals surface area contributed by atoms with Gasteiger partial charge in [-0.05, 0) is 31.0 Å². The van der Waals surface area contributed by atoms with Crippen LogP contribution in [0.4, 0.5) is 0 Å². The summed E-state index contributed by atoms with van der Waals surface area (Å²) in [7, 11) is 0. The molecule has 1 aliphatic carbocycles. The van der Waals surface area contributed by atoms with Crippen molar-refractivity contribution in [2.45, 2.75) is 37.8 Å². The fourth-order valence-corrected chi connectivity index (χ4v) is 4.22. The molecule has 1 saturated carbocycles. The molecule has 0 bridgehead atoms. The van der Waals surface area contributed by atoms with Gasteiger partial charge in [-0.3, -0.25) is 9.20 Å². The van der Waals surface area contributed by atoms with E-state index in [-0.39, 0.29) is 18.1 Å². The Kier molecular flexibility index (Phi) is 4.09. The second-order valence-corrected chi connectivity index (χ2v) is 7.15. The Bertz CT molecular complexity index is 966. The first-order valence-electron chi connectivity index (χ1n) is 9.50. The molecule has 3 heterocycles. The van der Waals surface area contributed by atoms with E-state index in [9.17, 15) is 4.79 Å². The van der Waals surface area contributed by atoms with Crippen LogP contribution in [0.15, 0.2) is 42.7 Å².